The highest BCUT2D eigenvalue weighted by molar-refractivity contribution is 6.32. The molecule has 0 aromatic heterocycles. The van der Waals surface area contributed by atoms with Crippen LogP contribution >= 0.6 is 11.6 Å². The first-order valence-corrected chi connectivity index (χ1v) is 5.81. The molecule has 0 saturated heterocycles. The van der Waals surface area contributed by atoms with E-state index in [4.69, 9.17) is 16.3 Å². The standard InChI is InChI=1S/C13H17ClO3/c1-8-5-11(6-9(2)12(8)14)17-7-10(3)13(15)16-4/h5-6,10H,7H2,1-4H3. The number of hydrogen-bond donors (Lipinski definition) is 0. The van der Waals surface area contributed by atoms with Gasteiger partial charge in [-0.1, -0.05) is 11.6 Å². The van der Waals surface area contributed by atoms with E-state index in [0.717, 1.165) is 21.9 Å². The van der Waals surface area contributed by atoms with Crippen molar-refractivity contribution in [2.75, 3.05) is 13.7 Å². The molecule has 0 aliphatic carbocycles. The van der Waals surface area contributed by atoms with Crippen molar-refractivity contribution < 1.29 is 14.3 Å². The highest BCUT2D eigenvalue weighted by atomic mass is 35.5. The molecule has 1 atom stereocenters. The Hall–Kier alpha value is -1.22. The summed E-state index contributed by atoms with van der Waals surface area (Å²) in [6.45, 7) is 5.91. The molecule has 0 radical (unpaired) electrons. The number of carbonyl (C=O) groups is 1. The minimum Gasteiger partial charge on any atom is -0.493 e. The molecule has 1 aromatic carbocycles. The molecule has 0 N–H and O–H groups in total. The fraction of sp³-hybridized carbons (Fsp3) is 0.462. The Labute approximate surface area is 107 Å². The van der Waals surface area contributed by atoms with E-state index in [2.05, 4.69) is 4.74 Å². The van der Waals surface area contributed by atoms with Crippen LogP contribution in [0.4, 0.5) is 0 Å². The Bertz CT molecular complexity index is 392. The van der Waals surface area contributed by atoms with Crippen LogP contribution in [0.15, 0.2) is 12.1 Å². The average molecular weight is 257 g/mol. The maximum Gasteiger partial charge on any atom is 0.311 e. The van der Waals surface area contributed by atoms with Crippen molar-refractivity contribution in [2.24, 2.45) is 5.92 Å². The lowest BCUT2D eigenvalue weighted by molar-refractivity contribution is -0.145. The molecule has 17 heavy (non-hydrogen) atoms. The van der Waals surface area contributed by atoms with E-state index < -0.39 is 0 Å². The SMILES string of the molecule is COC(=O)C(C)COc1cc(C)c(Cl)c(C)c1. The van der Waals surface area contributed by atoms with E-state index in [-0.39, 0.29) is 11.9 Å². The molecule has 0 spiro atoms. The molecular formula is C13H17ClO3. The van der Waals surface area contributed by atoms with Gasteiger partial charge in [0.25, 0.3) is 0 Å². The molecule has 0 fully saturated rings. The minimum atomic E-state index is -0.281. The number of ether oxygens (including phenoxy) is 2. The van der Waals surface area contributed by atoms with Crippen LogP contribution in [0, 0.1) is 19.8 Å². The van der Waals surface area contributed by atoms with Crippen LogP contribution in [0.5, 0.6) is 5.75 Å². The number of hydrogen-bond acceptors (Lipinski definition) is 3. The van der Waals surface area contributed by atoms with Crippen molar-refractivity contribution in [3.8, 4) is 5.75 Å². The van der Waals surface area contributed by atoms with Crippen molar-refractivity contribution >= 4 is 17.6 Å². The van der Waals surface area contributed by atoms with Gasteiger partial charge in [0.2, 0.25) is 0 Å². The molecule has 0 aliphatic rings. The van der Waals surface area contributed by atoms with Crippen LogP contribution < -0.4 is 4.74 Å². The second-order valence-electron chi connectivity index (χ2n) is 4.11. The number of rotatable bonds is 4. The number of aryl methyl sites for hydroxylation is 2. The fourth-order valence-corrected chi connectivity index (χ4v) is 1.59. The number of carbonyl (C=O) groups excluding carboxylic acids is 1. The highest BCUT2D eigenvalue weighted by Crippen LogP contribution is 2.26. The first kappa shape index (κ1) is 13.8. The topological polar surface area (TPSA) is 35.5 Å². The highest BCUT2D eigenvalue weighted by Gasteiger charge is 2.14. The summed E-state index contributed by atoms with van der Waals surface area (Å²) in [7, 11) is 1.37. The van der Waals surface area contributed by atoms with Crippen LogP contribution in [0.2, 0.25) is 5.02 Å². The van der Waals surface area contributed by atoms with Gasteiger partial charge < -0.3 is 9.47 Å². The maximum atomic E-state index is 11.2. The molecule has 0 aliphatic heterocycles. The summed E-state index contributed by atoms with van der Waals surface area (Å²) in [6, 6.07) is 3.72. The van der Waals surface area contributed by atoms with Gasteiger partial charge in [-0.2, -0.15) is 0 Å². The van der Waals surface area contributed by atoms with E-state index in [9.17, 15) is 4.79 Å². The van der Waals surface area contributed by atoms with Crippen LogP contribution in [-0.4, -0.2) is 19.7 Å². The monoisotopic (exact) mass is 256 g/mol. The normalized spacial score (nSPS) is 12.1. The zero-order chi connectivity index (χ0) is 13.0. The lowest BCUT2D eigenvalue weighted by Gasteiger charge is -2.13. The number of esters is 1. The number of methoxy groups -OCH3 is 1. The van der Waals surface area contributed by atoms with E-state index in [1.807, 2.05) is 26.0 Å². The number of halogens is 1. The van der Waals surface area contributed by atoms with Gasteiger partial charge in [0.1, 0.15) is 12.4 Å². The summed E-state index contributed by atoms with van der Waals surface area (Å²) in [4.78, 5) is 11.2. The van der Waals surface area contributed by atoms with E-state index in [1.54, 1.807) is 6.92 Å². The van der Waals surface area contributed by atoms with Gasteiger partial charge in [-0.3, -0.25) is 4.79 Å². The van der Waals surface area contributed by atoms with Crippen LogP contribution in [-0.2, 0) is 9.53 Å². The third kappa shape index (κ3) is 3.63. The summed E-state index contributed by atoms with van der Waals surface area (Å²) in [6.07, 6.45) is 0. The predicted octanol–water partition coefficient (Wildman–Crippen LogP) is 3.14. The largest absolute Gasteiger partial charge is 0.493 e. The van der Waals surface area contributed by atoms with Gasteiger partial charge >= 0.3 is 5.97 Å². The van der Waals surface area contributed by atoms with Crippen molar-refractivity contribution in [3.05, 3.63) is 28.3 Å². The van der Waals surface area contributed by atoms with Gasteiger partial charge in [-0.15, -0.1) is 0 Å². The quantitative estimate of drug-likeness (QED) is 0.777. The Balaban J connectivity index is 2.67. The minimum absolute atomic E-state index is 0.271. The van der Waals surface area contributed by atoms with Crippen LogP contribution in [0.3, 0.4) is 0 Å². The van der Waals surface area contributed by atoms with Gasteiger partial charge in [-0.25, -0.2) is 0 Å². The molecule has 0 heterocycles. The fourth-order valence-electron chi connectivity index (χ4n) is 1.48. The summed E-state index contributed by atoms with van der Waals surface area (Å²) >= 11 is 6.06. The Morgan fingerprint density at radius 3 is 2.35 bits per heavy atom. The lowest BCUT2D eigenvalue weighted by atomic mass is 10.1. The van der Waals surface area contributed by atoms with Crippen molar-refractivity contribution in [1.29, 1.82) is 0 Å². The molecule has 1 rings (SSSR count). The Kier molecular flexibility index (Phi) is 4.82. The maximum absolute atomic E-state index is 11.2. The zero-order valence-electron chi connectivity index (χ0n) is 10.5. The third-order valence-corrected chi connectivity index (χ3v) is 3.11. The zero-order valence-corrected chi connectivity index (χ0v) is 11.3. The Morgan fingerprint density at radius 2 is 1.88 bits per heavy atom. The summed E-state index contributed by atoms with van der Waals surface area (Å²) in [5, 5.41) is 0.748. The molecule has 1 aromatic rings. The van der Waals surface area contributed by atoms with Crippen molar-refractivity contribution in [2.45, 2.75) is 20.8 Å². The molecule has 94 valence electrons. The molecule has 1 unspecified atom stereocenters. The van der Waals surface area contributed by atoms with Gasteiger partial charge in [0, 0.05) is 5.02 Å². The first-order valence-electron chi connectivity index (χ1n) is 5.43. The second-order valence-corrected chi connectivity index (χ2v) is 4.48. The molecule has 0 bridgehead atoms. The first-order chi connectivity index (χ1) is 7.95. The van der Waals surface area contributed by atoms with Crippen LogP contribution in [0.1, 0.15) is 18.1 Å². The molecule has 0 saturated carbocycles. The summed E-state index contributed by atoms with van der Waals surface area (Å²) < 4.78 is 10.2. The number of benzene rings is 1. The molecule has 3 nitrogen and oxygen atoms in total. The van der Waals surface area contributed by atoms with E-state index in [0.29, 0.717) is 6.61 Å². The average Bonchev–Trinajstić information content (AvgIpc) is 2.31. The second kappa shape index (κ2) is 5.92. The predicted molar refractivity (Wildman–Crippen MR) is 67.6 cm³/mol. The van der Waals surface area contributed by atoms with Gasteiger partial charge in [0.05, 0.1) is 13.0 Å². The van der Waals surface area contributed by atoms with Gasteiger partial charge in [0.15, 0.2) is 0 Å². The lowest BCUT2D eigenvalue weighted by Crippen LogP contribution is -2.20. The van der Waals surface area contributed by atoms with Gasteiger partial charge in [-0.05, 0) is 44.0 Å². The van der Waals surface area contributed by atoms with Crippen molar-refractivity contribution in [1.82, 2.24) is 0 Å². The molecular weight excluding hydrogens is 240 g/mol. The summed E-state index contributed by atoms with van der Waals surface area (Å²) in [5.41, 5.74) is 1.93. The molecule has 0 amide bonds. The van der Waals surface area contributed by atoms with E-state index in [1.165, 1.54) is 7.11 Å². The van der Waals surface area contributed by atoms with Crippen LogP contribution in [0.25, 0.3) is 0 Å². The van der Waals surface area contributed by atoms with Crippen molar-refractivity contribution in [3.63, 3.8) is 0 Å². The van der Waals surface area contributed by atoms with E-state index >= 15 is 0 Å². The Morgan fingerprint density at radius 1 is 1.35 bits per heavy atom. The summed E-state index contributed by atoms with van der Waals surface area (Å²) in [5.74, 6) is 0.170. The third-order valence-electron chi connectivity index (χ3n) is 2.51. The molecule has 4 heteroatoms. The smallest absolute Gasteiger partial charge is 0.311 e.